The Morgan fingerprint density at radius 2 is 1.85 bits per heavy atom. The van der Waals surface area contributed by atoms with Crippen molar-refractivity contribution < 1.29 is 0 Å². The molecule has 0 saturated heterocycles. The Hall–Kier alpha value is -1.80. The number of hydrogen-bond donors (Lipinski definition) is 1. The molecule has 2 heteroatoms. The van der Waals surface area contributed by atoms with Gasteiger partial charge >= 0.3 is 0 Å². The molecule has 0 radical (unpaired) electrons. The van der Waals surface area contributed by atoms with Crippen LogP contribution in [-0.4, -0.2) is 10.9 Å². The van der Waals surface area contributed by atoms with Crippen LogP contribution in [-0.2, 0) is 6.54 Å². The number of benzene rings is 2. The number of rotatable bonds is 5. The Morgan fingerprint density at radius 1 is 1.10 bits per heavy atom. The van der Waals surface area contributed by atoms with Gasteiger partial charge in [-0.2, -0.15) is 0 Å². The quantitative estimate of drug-likeness (QED) is 0.829. The van der Waals surface area contributed by atoms with Gasteiger partial charge in [-0.3, -0.25) is 4.90 Å². The van der Waals surface area contributed by atoms with E-state index >= 15 is 0 Å². The Kier molecular flexibility index (Phi) is 3.75. The molecule has 1 atom stereocenters. The van der Waals surface area contributed by atoms with Crippen LogP contribution in [0.4, 0.5) is 5.69 Å². The van der Waals surface area contributed by atoms with Crippen LogP contribution in [0.15, 0.2) is 54.6 Å². The fourth-order valence-electron chi connectivity index (χ4n) is 2.79. The minimum Gasteiger partial charge on any atom is -0.399 e. The van der Waals surface area contributed by atoms with Crippen molar-refractivity contribution in [1.29, 1.82) is 0 Å². The van der Waals surface area contributed by atoms with Crippen molar-refractivity contribution in [2.45, 2.75) is 38.4 Å². The van der Waals surface area contributed by atoms with Crippen LogP contribution < -0.4 is 5.73 Å². The molecule has 1 aliphatic rings. The smallest absolute Gasteiger partial charge is 0.0327 e. The van der Waals surface area contributed by atoms with Crippen molar-refractivity contribution in [2.24, 2.45) is 0 Å². The molecule has 20 heavy (non-hydrogen) atoms. The van der Waals surface area contributed by atoms with Gasteiger partial charge in [0.25, 0.3) is 0 Å². The van der Waals surface area contributed by atoms with Gasteiger partial charge < -0.3 is 5.73 Å². The second-order valence-corrected chi connectivity index (χ2v) is 5.74. The summed E-state index contributed by atoms with van der Waals surface area (Å²) in [6.07, 6.45) is 2.64. The third kappa shape index (κ3) is 3.02. The first-order chi connectivity index (χ1) is 9.74. The van der Waals surface area contributed by atoms with E-state index in [1.165, 1.54) is 24.0 Å². The maximum atomic E-state index is 5.92. The maximum Gasteiger partial charge on any atom is 0.0327 e. The average molecular weight is 266 g/mol. The van der Waals surface area contributed by atoms with Crippen molar-refractivity contribution in [1.82, 2.24) is 4.90 Å². The zero-order valence-corrected chi connectivity index (χ0v) is 12.0. The van der Waals surface area contributed by atoms with Crippen LogP contribution in [0.3, 0.4) is 0 Å². The van der Waals surface area contributed by atoms with E-state index < -0.39 is 0 Å². The standard InChI is InChI=1S/C18H22N2/c1-14(16-8-5-9-17(19)12-16)20(18-10-11-18)13-15-6-3-2-4-7-15/h2-9,12,14,18H,10-11,13,19H2,1H3. The van der Waals surface area contributed by atoms with E-state index in [2.05, 4.69) is 60.4 Å². The topological polar surface area (TPSA) is 29.3 Å². The number of nitrogens with two attached hydrogens (primary N) is 1. The molecule has 2 N–H and O–H groups in total. The Morgan fingerprint density at radius 3 is 2.50 bits per heavy atom. The van der Waals surface area contributed by atoms with Gasteiger partial charge in [0.1, 0.15) is 0 Å². The lowest BCUT2D eigenvalue weighted by Gasteiger charge is -2.29. The highest BCUT2D eigenvalue weighted by Gasteiger charge is 2.32. The molecule has 2 aromatic carbocycles. The summed E-state index contributed by atoms with van der Waals surface area (Å²) < 4.78 is 0. The summed E-state index contributed by atoms with van der Waals surface area (Å²) in [6.45, 7) is 3.30. The predicted octanol–water partition coefficient (Wildman–Crippen LogP) is 3.99. The van der Waals surface area contributed by atoms with Crippen LogP contribution in [0, 0.1) is 0 Å². The van der Waals surface area contributed by atoms with Gasteiger partial charge in [0.15, 0.2) is 0 Å². The molecule has 0 amide bonds. The van der Waals surface area contributed by atoms with Crippen molar-refractivity contribution >= 4 is 5.69 Å². The van der Waals surface area contributed by atoms with Crippen LogP contribution >= 0.6 is 0 Å². The molecule has 2 aromatic rings. The van der Waals surface area contributed by atoms with E-state index in [0.717, 1.165) is 18.3 Å². The summed E-state index contributed by atoms with van der Waals surface area (Å²) >= 11 is 0. The summed E-state index contributed by atoms with van der Waals surface area (Å²) in [5, 5.41) is 0. The fourth-order valence-corrected chi connectivity index (χ4v) is 2.79. The van der Waals surface area contributed by atoms with E-state index in [4.69, 9.17) is 5.73 Å². The minimum atomic E-state index is 0.409. The van der Waals surface area contributed by atoms with Gasteiger partial charge in [-0.25, -0.2) is 0 Å². The minimum absolute atomic E-state index is 0.409. The van der Waals surface area contributed by atoms with Crippen molar-refractivity contribution in [3.05, 3.63) is 65.7 Å². The Labute approximate surface area is 121 Å². The number of anilines is 1. The van der Waals surface area contributed by atoms with E-state index in [-0.39, 0.29) is 0 Å². The molecule has 0 bridgehead atoms. The second-order valence-electron chi connectivity index (χ2n) is 5.74. The van der Waals surface area contributed by atoms with Gasteiger partial charge in [-0.15, -0.1) is 0 Å². The summed E-state index contributed by atoms with van der Waals surface area (Å²) in [5.41, 5.74) is 9.47. The van der Waals surface area contributed by atoms with E-state index in [0.29, 0.717) is 6.04 Å². The summed E-state index contributed by atoms with van der Waals surface area (Å²) in [6, 6.07) is 20.2. The molecule has 3 rings (SSSR count). The molecule has 2 nitrogen and oxygen atoms in total. The molecular formula is C18H22N2. The summed E-state index contributed by atoms with van der Waals surface area (Å²) in [5.74, 6) is 0. The largest absolute Gasteiger partial charge is 0.399 e. The lowest BCUT2D eigenvalue weighted by atomic mass is 10.0. The predicted molar refractivity (Wildman–Crippen MR) is 84.3 cm³/mol. The molecule has 0 spiro atoms. The lowest BCUT2D eigenvalue weighted by molar-refractivity contribution is 0.190. The molecule has 0 heterocycles. The molecule has 0 aromatic heterocycles. The maximum absolute atomic E-state index is 5.92. The van der Waals surface area contributed by atoms with Crippen LogP contribution in [0.25, 0.3) is 0 Å². The fraction of sp³-hybridized carbons (Fsp3) is 0.333. The number of nitrogen functional groups attached to an aromatic ring is 1. The van der Waals surface area contributed by atoms with Crippen molar-refractivity contribution in [3.63, 3.8) is 0 Å². The third-order valence-corrected chi connectivity index (χ3v) is 4.11. The average Bonchev–Trinajstić information content (AvgIpc) is 3.30. The number of hydrogen-bond acceptors (Lipinski definition) is 2. The van der Waals surface area contributed by atoms with Crippen LogP contribution in [0.1, 0.15) is 36.9 Å². The molecule has 0 aliphatic heterocycles. The first-order valence-electron chi connectivity index (χ1n) is 7.39. The molecular weight excluding hydrogens is 244 g/mol. The van der Waals surface area contributed by atoms with Crippen molar-refractivity contribution in [3.8, 4) is 0 Å². The van der Waals surface area contributed by atoms with Gasteiger partial charge in [-0.1, -0.05) is 42.5 Å². The highest BCUT2D eigenvalue weighted by atomic mass is 15.2. The number of nitrogens with zero attached hydrogens (tertiary/aromatic N) is 1. The lowest BCUT2D eigenvalue weighted by Crippen LogP contribution is -2.28. The first kappa shape index (κ1) is 13.2. The van der Waals surface area contributed by atoms with Crippen LogP contribution in [0.2, 0.25) is 0 Å². The summed E-state index contributed by atoms with van der Waals surface area (Å²) in [7, 11) is 0. The Balaban J connectivity index is 1.80. The SMILES string of the molecule is CC(c1cccc(N)c1)N(Cc1ccccc1)C1CC1. The zero-order chi connectivity index (χ0) is 13.9. The highest BCUT2D eigenvalue weighted by Crippen LogP contribution is 2.35. The van der Waals surface area contributed by atoms with Gasteiger partial charge in [0.2, 0.25) is 0 Å². The van der Waals surface area contributed by atoms with Gasteiger partial charge in [0, 0.05) is 24.3 Å². The van der Waals surface area contributed by atoms with Crippen LogP contribution in [0.5, 0.6) is 0 Å². The van der Waals surface area contributed by atoms with Gasteiger partial charge in [-0.05, 0) is 43.0 Å². The van der Waals surface area contributed by atoms with Crippen molar-refractivity contribution in [2.75, 3.05) is 5.73 Å². The van der Waals surface area contributed by atoms with E-state index in [1.54, 1.807) is 0 Å². The molecule has 1 aliphatic carbocycles. The third-order valence-electron chi connectivity index (χ3n) is 4.11. The molecule has 1 unspecified atom stereocenters. The normalized spacial score (nSPS) is 16.3. The first-order valence-corrected chi connectivity index (χ1v) is 7.39. The summed E-state index contributed by atoms with van der Waals surface area (Å²) in [4.78, 5) is 2.60. The molecule has 1 fully saturated rings. The van der Waals surface area contributed by atoms with E-state index in [1.807, 2.05) is 6.07 Å². The zero-order valence-electron chi connectivity index (χ0n) is 12.0. The molecule has 1 saturated carbocycles. The monoisotopic (exact) mass is 266 g/mol. The highest BCUT2D eigenvalue weighted by molar-refractivity contribution is 5.41. The molecule has 104 valence electrons. The Bertz CT molecular complexity index is 561. The van der Waals surface area contributed by atoms with E-state index in [9.17, 15) is 0 Å². The van der Waals surface area contributed by atoms with Gasteiger partial charge in [0.05, 0.1) is 0 Å². The second kappa shape index (κ2) is 5.68.